The normalized spacial score (nSPS) is 13.6. The van der Waals surface area contributed by atoms with Crippen LogP contribution in [0.25, 0.3) is 0 Å². The van der Waals surface area contributed by atoms with Crippen LogP contribution >= 0.6 is 0 Å². The number of hydrogen-bond donors (Lipinski definition) is 2. The summed E-state index contributed by atoms with van der Waals surface area (Å²) in [6.07, 6.45) is -3.85. The third kappa shape index (κ3) is 5.04. The van der Waals surface area contributed by atoms with E-state index < -0.39 is 21.8 Å². The molecule has 3 N–H and O–H groups in total. The van der Waals surface area contributed by atoms with E-state index in [0.29, 0.717) is 12.0 Å². The zero-order valence-corrected chi connectivity index (χ0v) is 14.4. The molecule has 0 aliphatic carbocycles. The first-order chi connectivity index (χ1) is 11.6. The first kappa shape index (κ1) is 19.4. The van der Waals surface area contributed by atoms with Gasteiger partial charge in [0.25, 0.3) is 0 Å². The predicted molar refractivity (Wildman–Crippen MR) is 89.1 cm³/mol. The molecule has 2 rings (SSSR count). The van der Waals surface area contributed by atoms with E-state index in [4.69, 9.17) is 5.14 Å². The summed E-state index contributed by atoms with van der Waals surface area (Å²) in [6, 6.07) is 11.1. The Balaban J connectivity index is 2.23. The number of hydrogen-bond acceptors (Lipinski definition) is 3. The van der Waals surface area contributed by atoms with Crippen molar-refractivity contribution >= 4 is 10.0 Å². The second-order valence-corrected chi connectivity index (χ2v) is 7.18. The SMILES string of the molecule is CCC(NCc1ccccc1C(F)(F)F)c1cccc(S(N)(=O)=O)c1. The molecule has 1 atom stereocenters. The quantitative estimate of drug-likeness (QED) is 0.814. The van der Waals surface area contributed by atoms with Crippen LogP contribution in [0, 0.1) is 0 Å². The number of nitrogens with one attached hydrogen (secondary N) is 1. The molecule has 1 unspecified atom stereocenters. The Morgan fingerprint density at radius 2 is 1.80 bits per heavy atom. The van der Waals surface area contributed by atoms with Gasteiger partial charge in [-0.2, -0.15) is 13.2 Å². The molecule has 8 heteroatoms. The molecule has 0 radical (unpaired) electrons. The molecule has 0 saturated heterocycles. The number of rotatable bonds is 6. The lowest BCUT2D eigenvalue weighted by Gasteiger charge is -2.20. The van der Waals surface area contributed by atoms with Crippen molar-refractivity contribution in [2.45, 2.75) is 37.0 Å². The number of sulfonamides is 1. The molecule has 0 bridgehead atoms. The maximum Gasteiger partial charge on any atom is 0.416 e. The minimum Gasteiger partial charge on any atom is -0.306 e. The minimum atomic E-state index is -4.42. The molecule has 0 aromatic heterocycles. The molecule has 136 valence electrons. The van der Waals surface area contributed by atoms with E-state index in [0.717, 1.165) is 6.07 Å². The lowest BCUT2D eigenvalue weighted by atomic mass is 10.0. The van der Waals surface area contributed by atoms with Gasteiger partial charge in [0, 0.05) is 12.6 Å². The highest BCUT2D eigenvalue weighted by Gasteiger charge is 2.32. The lowest BCUT2D eigenvalue weighted by molar-refractivity contribution is -0.138. The number of primary sulfonamides is 1. The smallest absolute Gasteiger partial charge is 0.306 e. The van der Waals surface area contributed by atoms with Gasteiger partial charge in [0.15, 0.2) is 0 Å². The second-order valence-electron chi connectivity index (χ2n) is 5.61. The molecule has 0 heterocycles. The van der Waals surface area contributed by atoms with Crippen LogP contribution < -0.4 is 10.5 Å². The van der Waals surface area contributed by atoms with Gasteiger partial charge < -0.3 is 5.32 Å². The van der Waals surface area contributed by atoms with E-state index in [2.05, 4.69) is 5.32 Å². The van der Waals surface area contributed by atoms with Gasteiger partial charge in [-0.15, -0.1) is 0 Å². The summed E-state index contributed by atoms with van der Waals surface area (Å²) in [4.78, 5) is -0.0269. The topological polar surface area (TPSA) is 72.2 Å². The van der Waals surface area contributed by atoms with Gasteiger partial charge in [-0.25, -0.2) is 13.6 Å². The molecule has 0 amide bonds. The van der Waals surface area contributed by atoms with Crippen LogP contribution in [0.3, 0.4) is 0 Å². The summed E-state index contributed by atoms with van der Waals surface area (Å²) in [5.74, 6) is 0. The average molecular weight is 372 g/mol. The number of alkyl halides is 3. The van der Waals surface area contributed by atoms with E-state index in [1.54, 1.807) is 18.2 Å². The largest absolute Gasteiger partial charge is 0.416 e. The summed E-state index contributed by atoms with van der Waals surface area (Å²) in [7, 11) is -3.84. The molecular formula is C17H19F3N2O2S. The lowest BCUT2D eigenvalue weighted by Crippen LogP contribution is -2.23. The molecule has 0 spiro atoms. The standard InChI is InChI=1S/C17H19F3N2O2S/c1-2-16(12-7-5-8-14(10-12)25(21,23)24)22-11-13-6-3-4-9-15(13)17(18,19)20/h3-10,16,22H,2,11H2,1H3,(H2,21,23,24). The van der Waals surface area contributed by atoms with Crippen LogP contribution in [0.4, 0.5) is 13.2 Å². The van der Waals surface area contributed by atoms with Crippen LogP contribution in [0.5, 0.6) is 0 Å². The van der Waals surface area contributed by atoms with Crippen molar-refractivity contribution in [2.75, 3.05) is 0 Å². The summed E-state index contributed by atoms with van der Waals surface area (Å²) >= 11 is 0. The van der Waals surface area contributed by atoms with Gasteiger partial charge in [0.1, 0.15) is 0 Å². The van der Waals surface area contributed by atoms with Gasteiger partial charge in [-0.3, -0.25) is 0 Å². The Hall–Kier alpha value is -1.90. The first-order valence-electron chi connectivity index (χ1n) is 7.64. The van der Waals surface area contributed by atoms with Crippen molar-refractivity contribution in [3.63, 3.8) is 0 Å². The third-order valence-corrected chi connectivity index (χ3v) is 4.77. The van der Waals surface area contributed by atoms with Crippen molar-refractivity contribution < 1.29 is 21.6 Å². The fraction of sp³-hybridized carbons (Fsp3) is 0.294. The summed E-state index contributed by atoms with van der Waals surface area (Å²) in [5.41, 5.74) is 0.102. The molecule has 4 nitrogen and oxygen atoms in total. The van der Waals surface area contributed by atoms with E-state index in [-0.39, 0.29) is 23.0 Å². The Bertz CT molecular complexity index is 836. The van der Waals surface area contributed by atoms with Crippen molar-refractivity contribution in [2.24, 2.45) is 5.14 Å². The molecule has 2 aromatic rings. The van der Waals surface area contributed by atoms with Crippen LogP contribution in [0.2, 0.25) is 0 Å². The Kier molecular flexibility index (Phi) is 5.87. The molecular weight excluding hydrogens is 353 g/mol. The van der Waals surface area contributed by atoms with E-state index in [1.807, 2.05) is 6.92 Å². The second kappa shape index (κ2) is 7.55. The van der Waals surface area contributed by atoms with Gasteiger partial charge in [-0.05, 0) is 35.7 Å². The van der Waals surface area contributed by atoms with Gasteiger partial charge >= 0.3 is 6.18 Å². The monoisotopic (exact) mass is 372 g/mol. The fourth-order valence-electron chi connectivity index (χ4n) is 2.59. The van der Waals surface area contributed by atoms with Crippen LogP contribution in [-0.4, -0.2) is 8.42 Å². The molecule has 0 fully saturated rings. The molecule has 2 aromatic carbocycles. The highest BCUT2D eigenvalue weighted by molar-refractivity contribution is 7.89. The zero-order chi connectivity index (χ0) is 18.7. The van der Waals surface area contributed by atoms with Crippen LogP contribution in [0.15, 0.2) is 53.4 Å². The van der Waals surface area contributed by atoms with E-state index >= 15 is 0 Å². The maximum atomic E-state index is 13.1. The summed E-state index contributed by atoms with van der Waals surface area (Å²) < 4.78 is 62.1. The molecule has 0 aliphatic rings. The minimum absolute atomic E-state index is 0.00773. The number of benzene rings is 2. The van der Waals surface area contributed by atoms with Gasteiger partial charge in [0.2, 0.25) is 10.0 Å². The van der Waals surface area contributed by atoms with Crippen molar-refractivity contribution in [1.29, 1.82) is 0 Å². The zero-order valence-electron chi connectivity index (χ0n) is 13.5. The van der Waals surface area contributed by atoms with Crippen LogP contribution in [0.1, 0.15) is 36.1 Å². The number of halogens is 3. The molecule has 0 aliphatic heterocycles. The Morgan fingerprint density at radius 1 is 1.12 bits per heavy atom. The van der Waals surface area contributed by atoms with Crippen molar-refractivity contribution in [1.82, 2.24) is 5.32 Å². The fourth-order valence-corrected chi connectivity index (χ4v) is 3.16. The Labute approximate surface area is 144 Å². The van der Waals surface area contributed by atoms with Crippen LogP contribution in [-0.2, 0) is 22.7 Å². The van der Waals surface area contributed by atoms with Crippen molar-refractivity contribution in [3.05, 3.63) is 65.2 Å². The molecule has 0 saturated carbocycles. The predicted octanol–water partition coefficient (Wildman–Crippen LogP) is 3.59. The maximum absolute atomic E-state index is 13.1. The van der Waals surface area contributed by atoms with E-state index in [9.17, 15) is 21.6 Å². The third-order valence-electron chi connectivity index (χ3n) is 3.86. The van der Waals surface area contributed by atoms with Crippen molar-refractivity contribution in [3.8, 4) is 0 Å². The highest BCUT2D eigenvalue weighted by atomic mass is 32.2. The highest BCUT2D eigenvalue weighted by Crippen LogP contribution is 2.32. The number of nitrogens with two attached hydrogens (primary N) is 1. The first-order valence-corrected chi connectivity index (χ1v) is 9.18. The van der Waals surface area contributed by atoms with Gasteiger partial charge in [0.05, 0.1) is 10.5 Å². The molecule has 25 heavy (non-hydrogen) atoms. The van der Waals surface area contributed by atoms with Gasteiger partial charge in [-0.1, -0.05) is 37.3 Å². The average Bonchev–Trinajstić information content (AvgIpc) is 2.54. The van der Waals surface area contributed by atoms with E-state index in [1.165, 1.54) is 24.3 Å². The summed E-state index contributed by atoms with van der Waals surface area (Å²) in [5, 5.41) is 8.18. The Morgan fingerprint density at radius 3 is 2.40 bits per heavy atom. The summed E-state index contributed by atoms with van der Waals surface area (Å²) in [6.45, 7) is 1.87.